The number of hydrogen-bond donors (Lipinski definition) is 3. The first kappa shape index (κ1) is 21.2. The summed E-state index contributed by atoms with van der Waals surface area (Å²) in [7, 11) is 0. The smallest absolute Gasteiger partial charge is 0.330 e. The number of nitrogens with one attached hydrogen (secondary N) is 2. The van der Waals surface area contributed by atoms with Crippen molar-refractivity contribution in [3.05, 3.63) is 20.8 Å². The van der Waals surface area contributed by atoms with E-state index in [1.807, 2.05) is 13.8 Å². The quantitative estimate of drug-likeness (QED) is 0.577. The number of unbranched alkanes of at least 4 members (excludes halogenated alkanes) is 1. The van der Waals surface area contributed by atoms with Gasteiger partial charge in [0.25, 0.3) is 5.56 Å². The van der Waals surface area contributed by atoms with E-state index in [4.69, 9.17) is 18.0 Å². The maximum Gasteiger partial charge on any atom is 0.330 e. The Bertz CT molecular complexity index is 681. The fourth-order valence-electron chi connectivity index (χ4n) is 2.41. The largest absolute Gasteiger partial charge is 0.383 e. The Balaban J connectivity index is 3.33. The Morgan fingerprint density at radius 2 is 2.00 bits per heavy atom. The Morgan fingerprint density at radius 3 is 2.56 bits per heavy atom. The molecule has 4 N–H and O–H groups in total. The van der Waals surface area contributed by atoms with Crippen LogP contribution >= 0.6 is 12.2 Å². The van der Waals surface area contributed by atoms with E-state index in [1.165, 1.54) is 4.57 Å². The molecule has 0 atom stereocenters. The molecule has 0 aliphatic rings. The first-order valence-corrected chi connectivity index (χ1v) is 9.42. The molecule has 8 heteroatoms. The fraction of sp³-hybridized carbons (Fsp3) is 0.706. The molecule has 0 radical (unpaired) electrons. The van der Waals surface area contributed by atoms with Crippen LogP contribution in [0.1, 0.15) is 53.4 Å². The van der Waals surface area contributed by atoms with Gasteiger partial charge in [0.15, 0.2) is 10.8 Å². The number of hydrogen-bond acceptors (Lipinski definition) is 4. The van der Waals surface area contributed by atoms with Crippen LogP contribution in [-0.4, -0.2) is 27.8 Å². The Labute approximate surface area is 154 Å². The molecule has 0 saturated carbocycles. The molecule has 0 unspecified atom stereocenters. The molecule has 0 spiro atoms. The van der Waals surface area contributed by atoms with Crippen molar-refractivity contribution in [2.75, 3.05) is 23.7 Å². The first-order chi connectivity index (χ1) is 11.8. The molecule has 0 aliphatic heterocycles. The molecule has 0 saturated heterocycles. The predicted octanol–water partition coefficient (Wildman–Crippen LogP) is 2.06. The van der Waals surface area contributed by atoms with E-state index in [9.17, 15) is 9.59 Å². The van der Waals surface area contributed by atoms with Gasteiger partial charge in [0, 0.05) is 19.6 Å². The number of rotatable bonds is 9. The Morgan fingerprint density at radius 1 is 1.32 bits per heavy atom. The molecule has 0 aromatic carbocycles. The minimum Gasteiger partial charge on any atom is -0.383 e. The molecular formula is C17H31N5O2S. The van der Waals surface area contributed by atoms with Gasteiger partial charge in [-0.2, -0.15) is 0 Å². The monoisotopic (exact) mass is 369 g/mol. The van der Waals surface area contributed by atoms with Crippen LogP contribution in [0.15, 0.2) is 9.59 Å². The number of H-pyrrole nitrogens is 1. The van der Waals surface area contributed by atoms with Crippen LogP contribution in [-0.2, 0) is 6.54 Å². The summed E-state index contributed by atoms with van der Waals surface area (Å²) in [6.07, 6.45) is 3.49. The lowest BCUT2D eigenvalue weighted by atomic mass is 10.1. The van der Waals surface area contributed by atoms with Crippen LogP contribution in [0.25, 0.3) is 0 Å². The van der Waals surface area contributed by atoms with Gasteiger partial charge < -0.3 is 16.0 Å². The molecule has 0 bridgehead atoms. The van der Waals surface area contributed by atoms with Gasteiger partial charge in [-0.3, -0.25) is 14.3 Å². The molecule has 1 rings (SSSR count). The average molecular weight is 370 g/mol. The van der Waals surface area contributed by atoms with Crippen LogP contribution in [0.4, 0.5) is 11.5 Å². The molecule has 0 amide bonds. The standard InChI is InChI=1S/C17H31N5O2S/c1-5-7-10-22-14(18)13(15(23)20-16(22)24)21(11-8-12(3)4)17(25)19-9-6-2/h12H,5-11,18H2,1-4H3,(H,19,25)(H,20,23,24). The van der Waals surface area contributed by atoms with E-state index in [0.29, 0.717) is 30.7 Å². The summed E-state index contributed by atoms with van der Waals surface area (Å²) in [5.74, 6) is 0.620. The number of nitrogens with two attached hydrogens (primary N) is 1. The maximum absolute atomic E-state index is 12.5. The van der Waals surface area contributed by atoms with Crippen molar-refractivity contribution in [1.29, 1.82) is 0 Å². The summed E-state index contributed by atoms with van der Waals surface area (Å²) < 4.78 is 1.42. The molecular weight excluding hydrogens is 338 g/mol. The highest BCUT2D eigenvalue weighted by Gasteiger charge is 2.22. The van der Waals surface area contributed by atoms with Gasteiger partial charge in [0.05, 0.1) is 0 Å². The van der Waals surface area contributed by atoms with E-state index in [1.54, 1.807) is 4.90 Å². The zero-order valence-electron chi connectivity index (χ0n) is 15.7. The molecule has 0 fully saturated rings. The number of anilines is 2. The highest BCUT2D eigenvalue weighted by atomic mass is 32.1. The van der Waals surface area contributed by atoms with Gasteiger partial charge in [-0.05, 0) is 37.4 Å². The van der Waals surface area contributed by atoms with Crippen molar-refractivity contribution >= 4 is 28.8 Å². The minimum absolute atomic E-state index is 0.173. The normalized spacial score (nSPS) is 10.9. The van der Waals surface area contributed by atoms with Crippen LogP contribution in [0.2, 0.25) is 0 Å². The van der Waals surface area contributed by atoms with Crippen molar-refractivity contribution in [3.63, 3.8) is 0 Å². The SMILES string of the molecule is CCCCn1c(N)c(N(CCC(C)C)C(=S)NCCC)c(=O)[nH]c1=O. The highest BCUT2D eigenvalue weighted by Crippen LogP contribution is 2.19. The van der Waals surface area contributed by atoms with E-state index < -0.39 is 11.2 Å². The van der Waals surface area contributed by atoms with Gasteiger partial charge in [-0.15, -0.1) is 0 Å². The maximum atomic E-state index is 12.5. The fourth-order valence-corrected chi connectivity index (χ4v) is 2.69. The molecule has 25 heavy (non-hydrogen) atoms. The van der Waals surface area contributed by atoms with E-state index in [-0.39, 0.29) is 11.5 Å². The van der Waals surface area contributed by atoms with Crippen molar-refractivity contribution in [3.8, 4) is 0 Å². The third-order valence-corrected chi connectivity index (χ3v) is 4.29. The second-order valence-corrected chi connectivity index (χ2v) is 6.95. The number of nitrogens with zero attached hydrogens (tertiary/aromatic N) is 2. The topological polar surface area (TPSA) is 96.2 Å². The third-order valence-electron chi connectivity index (χ3n) is 3.92. The lowest BCUT2D eigenvalue weighted by Gasteiger charge is -2.27. The van der Waals surface area contributed by atoms with Crippen molar-refractivity contribution in [2.24, 2.45) is 5.92 Å². The van der Waals surface area contributed by atoms with Gasteiger partial charge in [-0.25, -0.2) is 4.79 Å². The summed E-state index contributed by atoms with van der Waals surface area (Å²) in [6.45, 7) is 10.0. The second-order valence-electron chi connectivity index (χ2n) is 6.56. The Kier molecular flexibility index (Phi) is 8.68. The van der Waals surface area contributed by atoms with Gasteiger partial charge in [0.1, 0.15) is 5.82 Å². The summed E-state index contributed by atoms with van der Waals surface area (Å²) in [5.41, 5.74) is 5.49. The van der Waals surface area contributed by atoms with Gasteiger partial charge >= 0.3 is 5.69 Å². The van der Waals surface area contributed by atoms with Crippen LogP contribution in [0, 0.1) is 5.92 Å². The summed E-state index contributed by atoms with van der Waals surface area (Å²) in [6, 6.07) is 0. The molecule has 1 heterocycles. The molecule has 0 aliphatic carbocycles. The minimum atomic E-state index is -0.500. The highest BCUT2D eigenvalue weighted by molar-refractivity contribution is 7.80. The Hall–Kier alpha value is -1.83. The van der Waals surface area contributed by atoms with Crippen molar-refractivity contribution in [2.45, 2.75) is 59.9 Å². The summed E-state index contributed by atoms with van der Waals surface area (Å²) in [5, 5.41) is 3.61. The van der Waals surface area contributed by atoms with E-state index >= 15 is 0 Å². The van der Waals surface area contributed by atoms with Crippen LogP contribution in [0.5, 0.6) is 0 Å². The molecule has 1 aromatic rings. The molecule has 142 valence electrons. The molecule has 1 aromatic heterocycles. The average Bonchev–Trinajstić information content (AvgIpc) is 2.54. The lowest BCUT2D eigenvalue weighted by molar-refractivity contribution is 0.586. The van der Waals surface area contributed by atoms with E-state index in [2.05, 4.69) is 24.1 Å². The zero-order valence-corrected chi connectivity index (χ0v) is 16.5. The van der Waals surface area contributed by atoms with Crippen LogP contribution < -0.4 is 27.2 Å². The summed E-state index contributed by atoms with van der Waals surface area (Å²) >= 11 is 5.48. The van der Waals surface area contributed by atoms with Gasteiger partial charge in [-0.1, -0.05) is 34.1 Å². The lowest BCUT2D eigenvalue weighted by Crippen LogP contribution is -2.46. The van der Waals surface area contributed by atoms with Crippen molar-refractivity contribution < 1.29 is 0 Å². The number of aromatic nitrogens is 2. The van der Waals surface area contributed by atoms with E-state index in [0.717, 1.165) is 25.7 Å². The van der Waals surface area contributed by atoms with Crippen molar-refractivity contribution in [1.82, 2.24) is 14.9 Å². The zero-order chi connectivity index (χ0) is 19.0. The van der Waals surface area contributed by atoms with Gasteiger partial charge in [0.2, 0.25) is 0 Å². The second kappa shape index (κ2) is 10.2. The van der Waals surface area contributed by atoms with Crippen LogP contribution in [0.3, 0.4) is 0 Å². The number of aromatic amines is 1. The number of thiocarbonyl (C=S) groups is 1. The predicted molar refractivity (Wildman–Crippen MR) is 108 cm³/mol. The molecule has 7 nitrogen and oxygen atoms in total. The number of nitrogen functional groups attached to an aromatic ring is 1. The first-order valence-electron chi connectivity index (χ1n) is 9.01. The summed E-state index contributed by atoms with van der Waals surface area (Å²) in [4.78, 5) is 28.7. The third kappa shape index (κ3) is 5.88.